The molecule has 2 fully saturated rings. The second-order valence-corrected chi connectivity index (χ2v) is 19.0. The minimum absolute atomic E-state index is 0.117. The summed E-state index contributed by atoms with van der Waals surface area (Å²) in [7, 11) is 0. The van der Waals surface area contributed by atoms with Gasteiger partial charge in [0.1, 0.15) is 73.6 Å². The predicted octanol–water partition coefficient (Wildman–Crippen LogP) is 12.0. The van der Waals surface area contributed by atoms with Gasteiger partial charge in [0.05, 0.1) is 21.2 Å². The molecule has 0 spiro atoms. The summed E-state index contributed by atoms with van der Waals surface area (Å²) in [6, 6.07) is 25.6. The van der Waals surface area contributed by atoms with Gasteiger partial charge in [-0.2, -0.15) is 10.5 Å². The topological polar surface area (TPSA) is 191 Å². The van der Waals surface area contributed by atoms with Crippen LogP contribution in [0.5, 0.6) is 23.0 Å². The summed E-state index contributed by atoms with van der Waals surface area (Å²) in [6.45, 7) is 10.6. The number of ether oxygens (including phenoxy) is 4. The zero-order valence-electron chi connectivity index (χ0n) is 42.1. The van der Waals surface area contributed by atoms with Crippen molar-refractivity contribution in [2.24, 2.45) is 0 Å². The number of piperidine rings is 2. The maximum Gasteiger partial charge on any atom is 0.320 e. The van der Waals surface area contributed by atoms with E-state index in [1.807, 2.05) is 47.9 Å². The summed E-state index contributed by atoms with van der Waals surface area (Å²) in [4.78, 5) is 36.6. The fourth-order valence-electron chi connectivity index (χ4n) is 9.40. The fourth-order valence-corrected chi connectivity index (χ4v) is 9.88. The molecule has 2 atom stereocenters. The second kappa shape index (κ2) is 26.1. The number of rotatable bonds is 19. The molecule has 14 nitrogen and oxygen atoms in total. The van der Waals surface area contributed by atoms with Crippen molar-refractivity contribution in [3.63, 3.8) is 0 Å². The largest absolute Gasteiger partial charge is 0.488 e. The molecular formula is C58H60Cl2N6O8. The van der Waals surface area contributed by atoms with Gasteiger partial charge < -0.3 is 29.2 Å². The first-order valence-corrected chi connectivity index (χ1v) is 25.6. The summed E-state index contributed by atoms with van der Waals surface area (Å²) >= 11 is 13.9. The van der Waals surface area contributed by atoms with Gasteiger partial charge in [0.25, 0.3) is 0 Å². The van der Waals surface area contributed by atoms with Crippen LogP contribution in [-0.2, 0) is 49.1 Å². The van der Waals surface area contributed by atoms with E-state index in [4.69, 9.17) is 42.1 Å². The van der Waals surface area contributed by atoms with Gasteiger partial charge in [-0.3, -0.25) is 29.4 Å². The number of carboxylic acids is 2. The number of nitriles is 2. The molecule has 2 saturated heterocycles. The van der Waals surface area contributed by atoms with E-state index in [9.17, 15) is 30.3 Å². The molecule has 0 radical (unpaired) electrons. The van der Waals surface area contributed by atoms with E-state index in [-0.39, 0.29) is 26.4 Å². The van der Waals surface area contributed by atoms with Crippen molar-refractivity contribution < 1.29 is 38.7 Å². The van der Waals surface area contributed by atoms with Crippen LogP contribution in [0.15, 0.2) is 97.6 Å². The third kappa shape index (κ3) is 13.7. The number of likely N-dealkylation sites (tertiary alicyclic amines) is 2. The molecule has 74 heavy (non-hydrogen) atoms. The van der Waals surface area contributed by atoms with E-state index in [0.717, 1.165) is 70.2 Å². The van der Waals surface area contributed by atoms with E-state index in [1.165, 1.54) is 12.4 Å². The molecule has 2 N–H and O–H groups in total. The molecule has 16 heteroatoms. The van der Waals surface area contributed by atoms with Crippen molar-refractivity contribution in [3.8, 4) is 46.3 Å². The highest BCUT2D eigenvalue weighted by Gasteiger charge is 2.31. The minimum Gasteiger partial charge on any atom is -0.488 e. The lowest BCUT2D eigenvalue weighted by Crippen LogP contribution is -2.44. The Morgan fingerprint density at radius 3 is 1.38 bits per heavy atom. The van der Waals surface area contributed by atoms with Crippen LogP contribution < -0.4 is 18.9 Å². The third-order valence-corrected chi connectivity index (χ3v) is 14.0. The summed E-state index contributed by atoms with van der Waals surface area (Å²) in [6.07, 6.45) is 10.8. The summed E-state index contributed by atoms with van der Waals surface area (Å²) in [5.41, 5.74) is 9.55. The first-order valence-electron chi connectivity index (χ1n) is 24.8. The number of nitrogens with zero attached hydrogens (tertiary/aromatic N) is 6. The van der Waals surface area contributed by atoms with E-state index < -0.39 is 24.0 Å². The van der Waals surface area contributed by atoms with E-state index >= 15 is 0 Å². The molecule has 2 unspecified atom stereocenters. The maximum atomic E-state index is 12.2. The summed E-state index contributed by atoms with van der Waals surface area (Å²) < 4.78 is 25.6. The first-order chi connectivity index (χ1) is 35.9. The zero-order chi connectivity index (χ0) is 52.7. The van der Waals surface area contributed by atoms with Gasteiger partial charge in [0.2, 0.25) is 0 Å². The van der Waals surface area contributed by atoms with E-state index in [1.54, 1.807) is 48.8 Å². The Morgan fingerprint density at radius 1 is 0.581 bits per heavy atom. The lowest BCUT2D eigenvalue weighted by molar-refractivity contribution is -0.145. The van der Waals surface area contributed by atoms with Gasteiger partial charge in [-0.05, 0) is 110 Å². The van der Waals surface area contributed by atoms with Gasteiger partial charge >= 0.3 is 11.9 Å². The molecule has 384 valence electrons. The van der Waals surface area contributed by atoms with Gasteiger partial charge in [0.15, 0.2) is 0 Å². The molecule has 2 aromatic heterocycles. The molecule has 0 aliphatic carbocycles. The highest BCUT2D eigenvalue weighted by Crippen LogP contribution is 2.39. The van der Waals surface area contributed by atoms with Crippen molar-refractivity contribution in [2.45, 2.75) is 118 Å². The quantitative estimate of drug-likeness (QED) is 0.0778. The number of carboxylic acid groups (broad SMARTS) is 2. The average molecular weight is 1040 g/mol. The lowest BCUT2D eigenvalue weighted by atomic mass is 9.92. The molecule has 2 aliphatic rings. The van der Waals surface area contributed by atoms with Crippen LogP contribution in [0, 0.1) is 36.5 Å². The average Bonchev–Trinajstić information content (AvgIpc) is 3.41. The van der Waals surface area contributed by atoms with E-state index in [0.29, 0.717) is 94.3 Å². The molecule has 0 saturated carbocycles. The van der Waals surface area contributed by atoms with Gasteiger partial charge in [-0.25, -0.2) is 0 Å². The van der Waals surface area contributed by atoms with Crippen LogP contribution in [0.1, 0.15) is 108 Å². The number of carbonyl (C=O) groups is 2. The van der Waals surface area contributed by atoms with Gasteiger partial charge in [0, 0.05) is 72.3 Å². The highest BCUT2D eigenvalue weighted by atomic mass is 35.5. The first kappa shape index (κ1) is 54.6. The van der Waals surface area contributed by atoms with Gasteiger partial charge in [-0.15, -0.1) is 0 Å². The summed E-state index contributed by atoms with van der Waals surface area (Å²) in [5.74, 6) is 0.0453. The Kier molecular flexibility index (Phi) is 19.3. The fraction of sp³-hybridized carbons (Fsp3) is 0.345. The minimum atomic E-state index is -0.860. The van der Waals surface area contributed by atoms with Crippen LogP contribution >= 0.6 is 23.2 Å². The summed E-state index contributed by atoms with van der Waals surface area (Å²) in [5, 5.41) is 39.6. The SMILES string of the molecule is CC.Cc1c(COc2cc(OCc3cncc(C#N)c3)c(CN3CCCCC3C(=O)O)cc2Cl)cccc1-c1cccc(COc2cc(OCc3cncc(C#N)c3)c(CN3CCCCC3C(=O)O)cc2Cl)c1C. The van der Waals surface area contributed by atoms with Crippen LogP contribution in [0.4, 0.5) is 0 Å². The molecule has 8 rings (SSSR count). The number of halogens is 2. The zero-order valence-corrected chi connectivity index (χ0v) is 43.6. The number of pyridine rings is 2. The Balaban J connectivity index is 0.00000395. The molecule has 2 aliphatic heterocycles. The van der Waals surface area contributed by atoms with Gasteiger partial charge in [-0.1, -0.05) is 86.3 Å². The molecule has 4 aromatic carbocycles. The van der Waals surface area contributed by atoms with Crippen LogP contribution in [-0.4, -0.2) is 67.1 Å². The maximum absolute atomic E-state index is 12.2. The van der Waals surface area contributed by atoms with Crippen molar-refractivity contribution in [3.05, 3.63) is 163 Å². The smallest absolute Gasteiger partial charge is 0.320 e. The van der Waals surface area contributed by atoms with Crippen LogP contribution in [0.2, 0.25) is 10.0 Å². The Labute approximate surface area is 442 Å². The Morgan fingerprint density at radius 2 is 0.986 bits per heavy atom. The monoisotopic (exact) mass is 1040 g/mol. The predicted molar refractivity (Wildman–Crippen MR) is 282 cm³/mol. The van der Waals surface area contributed by atoms with Crippen LogP contribution in [0.25, 0.3) is 11.1 Å². The number of aromatic nitrogens is 2. The number of benzene rings is 4. The molecular weight excluding hydrogens is 980 g/mol. The Bertz CT molecular complexity index is 2840. The normalized spacial score (nSPS) is 15.7. The molecule has 0 amide bonds. The molecule has 6 aromatic rings. The second-order valence-electron chi connectivity index (χ2n) is 18.1. The molecule has 4 heterocycles. The van der Waals surface area contributed by atoms with E-state index in [2.05, 4.69) is 48.1 Å². The third-order valence-electron chi connectivity index (χ3n) is 13.4. The van der Waals surface area contributed by atoms with Crippen molar-refractivity contribution in [2.75, 3.05) is 13.1 Å². The number of aliphatic carboxylic acids is 2. The van der Waals surface area contributed by atoms with Crippen molar-refractivity contribution in [1.29, 1.82) is 10.5 Å². The Hall–Kier alpha value is -7.20. The number of hydrogen-bond donors (Lipinski definition) is 2. The molecule has 0 bridgehead atoms. The lowest BCUT2D eigenvalue weighted by Gasteiger charge is -2.33. The van der Waals surface area contributed by atoms with Crippen LogP contribution in [0.3, 0.4) is 0 Å². The standard InChI is InChI=1S/C56H54Cl2N6O8.C2H6/c1-35-41(33-71-53-21-51(69-31-39-17-37(23-59)25-61-27-39)43(19-47(53)57)29-63-15-5-3-13-49(63)55(65)66)9-7-11-45(35)46-12-8-10-42(36(46)2)34-72-54-22-52(70-32-40-18-38(24-60)26-62-28-40)44(20-48(54)58)30-64-16-6-4-14-50(64)56(67)68;1-2/h7-12,17-22,25-28,49-50H,3-6,13-16,29-34H2,1-2H3,(H,65,66)(H,67,68);1-2H3. The van der Waals surface area contributed by atoms with Crippen molar-refractivity contribution >= 4 is 35.1 Å². The highest BCUT2D eigenvalue weighted by molar-refractivity contribution is 6.32. The number of hydrogen-bond acceptors (Lipinski definition) is 12. The van der Waals surface area contributed by atoms with Crippen molar-refractivity contribution in [1.82, 2.24) is 19.8 Å².